The summed E-state index contributed by atoms with van der Waals surface area (Å²) in [6.07, 6.45) is 1.30. The van der Waals surface area contributed by atoms with E-state index in [9.17, 15) is 0 Å². The number of nitrogens with zero attached hydrogens (tertiary/aromatic N) is 2. The van der Waals surface area contributed by atoms with E-state index in [1.54, 1.807) is 0 Å². The van der Waals surface area contributed by atoms with Crippen molar-refractivity contribution in [1.29, 1.82) is 0 Å². The van der Waals surface area contributed by atoms with Gasteiger partial charge in [-0.25, -0.2) is 0 Å². The van der Waals surface area contributed by atoms with E-state index in [2.05, 4.69) is 46.7 Å². The third-order valence-electron chi connectivity index (χ3n) is 3.70. The molecule has 0 N–H and O–H groups in total. The first-order chi connectivity index (χ1) is 7.83. The molecule has 2 unspecified atom stereocenters. The van der Waals surface area contributed by atoms with Gasteiger partial charge in [0.25, 0.3) is 0 Å². The second-order valence-corrected chi connectivity index (χ2v) is 4.86. The predicted molar refractivity (Wildman–Crippen MR) is 66.0 cm³/mol. The lowest BCUT2D eigenvalue weighted by Gasteiger charge is -2.38. The maximum Gasteiger partial charge on any atom is 0.0430 e. The van der Waals surface area contributed by atoms with Gasteiger partial charge < -0.3 is 4.90 Å². The van der Waals surface area contributed by atoms with E-state index < -0.39 is 0 Å². The van der Waals surface area contributed by atoms with Crippen LogP contribution in [0.15, 0.2) is 42.6 Å². The summed E-state index contributed by atoms with van der Waals surface area (Å²) in [5.74, 6) is 0. The lowest BCUT2D eigenvalue weighted by atomic mass is 10.1. The molecule has 2 heteroatoms. The van der Waals surface area contributed by atoms with E-state index in [-0.39, 0.29) is 0 Å². The van der Waals surface area contributed by atoms with Gasteiger partial charge in [-0.1, -0.05) is 36.9 Å². The molecule has 16 heavy (non-hydrogen) atoms. The van der Waals surface area contributed by atoms with Crippen molar-refractivity contribution in [2.45, 2.75) is 19.0 Å². The number of hydrogen-bond donors (Lipinski definition) is 0. The summed E-state index contributed by atoms with van der Waals surface area (Å²) in [7, 11) is 0. The standard InChI is InChI=1S/C14H18N2/c1-12-9-15-8-7-14(11-15)16(12)10-13-5-3-2-4-6-13/h2-6,14H,1,7-11H2. The van der Waals surface area contributed by atoms with Gasteiger partial charge >= 0.3 is 0 Å². The van der Waals surface area contributed by atoms with Gasteiger partial charge in [-0.15, -0.1) is 0 Å². The first-order valence-electron chi connectivity index (χ1n) is 6.03. The third-order valence-corrected chi connectivity index (χ3v) is 3.70. The van der Waals surface area contributed by atoms with Gasteiger partial charge in [0.05, 0.1) is 0 Å². The van der Waals surface area contributed by atoms with E-state index in [0.717, 1.165) is 13.1 Å². The van der Waals surface area contributed by atoms with Crippen molar-refractivity contribution in [2.75, 3.05) is 19.6 Å². The predicted octanol–water partition coefficient (Wildman–Crippen LogP) is 2.09. The van der Waals surface area contributed by atoms with Gasteiger partial charge in [0.15, 0.2) is 0 Å². The Morgan fingerprint density at radius 3 is 2.88 bits per heavy atom. The first-order valence-corrected chi connectivity index (χ1v) is 6.03. The van der Waals surface area contributed by atoms with Gasteiger partial charge in [0.1, 0.15) is 0 Å². The Balaban J connectivity index is 1.76. The highest BCUT2D eigenvalue weighted by Gasteiger charge is 2.33. The molecule has 0 saturated carbocycles. The Morgan fingerprint density at radius 1 is 1.25 bits per heavy atom. The van der Waals surface area contributed by atoms with E-state index >= 15 is 0 Å². The van der Waals surface area contributed by atoms with Crippen LogP contribution in [0.2, 0.25) is 0 Å². The molecule has 0 amide bonds. The summed E-state index contributed by atoms with van der Waals surface area (Å²) < 4.78 is 0. The molecular formula is C14H18N2. The molecule has 2 fully saturated rings. The van der Waals surface area contributed by atoms with E-state index in [1.807, 2.05) is 0 Å². The fourth-order valence-corrected chi connectivity index (χ4v) is 2.84. The Morgan fingerprint density at radius 2 is 2.06 bits per heavy atom. The molecule has 0 radical (unpaired) electrons. The van der Waals surface area contributed by atoms with Crippen molar-refractivity contribution in [1.82, 2.24) is 9.80 Å². The fraction of sp³-hybridized carbons (Fsp3) is 0.429. The molecule has 2 aliphatic rings. The molecule has 2 bridgehead atoms. The molecule has 2 aliphatic heterocycles. The Hall–Kier alpha value is -1.28. The topological polar surface area (TPSA) is 6.48 Å². The molecule has 2 saturated heterocycles. The second-order valence-electron chi connectivity index (χ2n) is 4.86. The molecule has 0 spiro atoms. The van der Waals surface area contributed by atoms with Crippen LogP contribution in [0.1, 0.15) is 12.0 Å². The normalized spacial score (nSPS) is 28.5. The fourth-order valence-electron chi connectivity index (χ4n) is 2.84. The molecule has 0 aliphatic carbocycles. The summed E-state index contributed by atoms with van der Waals surface area (Å²) in [6.45, 7) is 8.77. The van der Waals surface area contributed by atoms with Gasteiger partial charge in [0, 0.05) is 37.9 Å². The Labute approximate surface area is 97.2 Å². The Kier molecular flexibility index (Phi) is 2.44. The highest BCUT2D eigenvalue weighted by molar-refractivity contribution is 5.18. The smallest absolute Gasteiger partial charge is 0.0430 e. The van der Waals surface area contributed by atoms with Gasteiger partial charge in [-0.2, -0.15) is 0 Å². The monoisotopic (exact) mass is 214 g/mol. The zero-order valence-corrected chi connectivity index (χ0v) is 9.60. The van der Waals surface area contributed by atoms with Crippen molar-refractivity contribution >= 4 is 0 Å². The molecule has 1 aromatic carbocycles. The molecule has 3 rings (SSSR count). The highest BCUT2D eigenvalue weighted by Crippen LogP contribution is 2.27. The minimum atomic E-state index is 0.696. The molecule has 84 valence electrons. The molecule has 2 heterocycles. The highest BCUT2D eigenvalue weighted by atomic mass is 15.3. The molecule has 1 aromatic rings. The minimum absolute atomic E-state index is 0.696. The van der Waals surface area contributed by atoms with Crippen LogP contribution >= 0.6 is 0 Å². The van der Waals surface area contributed by atoms with Crippen molar-refractivity contribution in [3.8, 4) is 0 Å². The summed E-state index contributed by atoms with van der Waals surface area (Å²) in [4.78, 5) is 5.01. The van der Waals surface area contributed by atoms with Crippen LogP contribution in [0.5, 0.6) is 0 Å². The molecule has 2 nitrogen and oxygen atoms in total. The summed E-state index contributed by atoms with van der Waals surface area (Å²) in [5, 5.41) is 0. The molecular weight excluding hydrogens is 196 g/mol. The SMILES string of the molecule is C=C1CN2CCC(C2)N1Cc1ccccc1. The van der Waals surface area contributed by atoms with Crippen LogP contribution in [-0.4, -0.2) is 35.5 Å². The third kappa shape index (κ3) is 1.74. The zero-order chi connectivity index (χ0) is 11.0. The van der Waals surface area contributed by atoms with Crippen LogP contribution in [0, 0.1) is 0 Å². The lowest BCUT2D eigenvalue weighted by molar-refractivity contribution is 0.179. The lowest BCUT2D eigenvalue weighted by Crippen LogP contribution is -2.44. The van der Waals surface area contributed by atoms with E-state index in [0.29, 0.717) is 6.04 Å². The van der Waals surface area contributed by atoms with Crippen molar-refractivity contribution in [3.63, 3.8) is 0 Å². The number of benzene rings is 1. The maximum atomic E-state index is 4.22. The number of hydrogen-bond acceptors (Lipinski definition) is 2. The largest absolute Gasteiger partial charge is 0.366 e. The van der Waals surface area contributed by atoms with Gasteiger partial charge in [-0.3, -0.25) is 4.90 Å². The van der Waals surface area contributed by atoms with Crippen LogP contribution in [0.25, 0.3) is 0 Å². The van der Waals surface area contributed by atoms with E-state index in [1.165, 1.54) is 30.8 Å². The summed E-state index contributed by atoms with van der Waals surface area (Å²) in [5.41, 5.74) is 2.68. The molecule has 0 aromatic heterocycles. The quantitative estimate of drug-likeness (QED) is 0.744. The molecule has 2 atom stereocenters. The minimum Gasteiger partial charge on any atom is -0.366 e. The van der Waals surface area contributed by atoms with Crippen LogP contribution in [0.3, 0.4) is 0 Å². The van der Waals surface area contributed by atoms with Crippen molar-refractivity contribution in [3.05, 3.63) is 48.2 Å². The second kappa shape index (κ2) is 3.95. The summed E-state index contributed by atoms with van der Waals surface area (Å²) in [6, 6.07) is 11.4. The van der Waals surface area contributed by atoms with Gasteiger partial charge in [0.2, 0.25) is 0 Å². The van der Waals surface area contributed by atoms with Crippen molar-refractivity contribution in [2.24, 2.45) is 0 Å². The number of rotatable bonds is 2. The maximum absolute atomic E-state index is 4.22. The number of fused-ring (bicyclic) bond motifs is 2. The number of piperazine rings is 1. The van der Waals surface area contributed by atoms with Crippen molar-refractivity contribution < 1.29 is 0 Å². The van der Waals surface area contributed by atoms with Crippen LogP contribution < -0.4 is 0 Å². The van der Waals surface area contributed by atoms with E-state index in [4.69, 9.17) is 0 Å². The average Bonchev–Trinajstić information content (AvgIpc) is 2.70. The first kappa shape index (κ1) is 9.91. The average molecular weight is 214 g/mol. The van der Waals surface area contributed by atoms with Crippen LogP contribution in [-0.2, 0) is 6.54 Å². The Bertz CT molecular complexity index is 385. The zero-order valence-electron chi connectivity index (χ0n) is 9.60. The summed E-state index contributed by atoms with van der Waals surface area (Å²) >= 11 is 0. The van der Waals surface area contributed by atoms with Gasteiger partial charge in [-0.05, 0) is 12.0 Å². The van der Waals surface area contributed by atoms with Crippen LogP contribution in [0.4, 0.5) is 0 Å².